The molecule has 0 N–H and O–H groups in total. The molecule has 7 aromatic heterocycles. The molecule has 0 saturated heterocycles. The smallest absolute Gasteiger partial charge is 0.170 e. The van der Waals surface area contributed by atoms with E-state index < -0.39 is 27.8 Å². The minimum absolute atomic E-state index is 0.214. The van der Waals surface area contributed by atoms with Gasteiger partial charge in [0.25, 0.3) is 0 Å². The van der Waals surface area contributed by atoms with E-state index in [1.54, 1.807) is 20.6 Å². The summed E-state index contributed by atoms with van der Waals surface area (Å²) in [5.41, 5.74) is 5.44. The van der Waals surface area contributed by atoms with Gasteiger partial charge in [0.05, 0.1) is 30.8 Å². The minimum Gasteiger partial charge on any atom is -0.203 e. The van der Waals surface area contributed by atoms with Crippen LogP contribution in [0.4, 0.5) is 8.78 Å². The molecule has 9 rings (SSSR count). The van der Waals surface area contributed by atoms with Crippen LogP contribution >= 0.6 is 79.6 Å². The molecule has 0 saturated carbocycles. The summed E-state index contributed by atoms with van der Waals surface area (Å²) in [7, 11) is -3.65. The topological polar surface area (TPSA) is 30.7 Å². The number of unbranched alkanes of at least 4 members (excludes halogenated alkanes) is 8. The van der Waals surface area contributed by atoms with Crippen molar-refractivity contribution in [2.75, 3.05) is 0 Å². The Labute approximate surface area is 527 Å². The maximum atomic E-state index is 17.5. The lowest BCUT2D eigenvalue weighted by atomic mass is 9.94. The van der Waals surface area contributed by atoms with Crippen LogP contribution in [0, 0.1) is 38.3 Å². The Balaban J connectivity index is 1.23. The van der Waals surface area contributed by atoms with Crippen molar-refractivity contribution in [3.63, 3.8) is 0 Å². The van der Waals surface area contributed by atoms with Crippen LogP contribution in [0.25, 0.3) is 82.7 Å². The summed E-state index contributed by atoms with van der Waals surface area (Å²) < 4.78 is 40.5. The van der Waals surface area contributed by atoms with Crippen molar-refractivity contribution >= 4 is 136 Å². The van der Waals surface area contributed by atoms with Gasteiger partial charge in [0.15, 0.2) is 11.6 Å². The number of aryl methyl sites for hydroxylation is 3. The molecule has 0 radical (unpaired) electrons. The zero-order valence-electron chi connectivity index (χ0n) is 51.8. The van der Waals surface area contributed by atoms with E-state index in [1.165, 1.54) is 206 Å². The Morgan fingerprint density at radius 3 is 1.47 bits per heavy atom. The van der Waals surface area contributed by atoms with Crippen LogP contribution in [0.1, 0.15) is 186 Å². The first-order valence-corrected chi connectivity index (χ1v) is 42.6. The van der Waals surface area contributed by atoms with Gasteiger partial charge in [-0.2, -0.15) is 15.0 Å². The molecule has 2 aromatic carbocycles. The van der Waals surface area contributed by atoms with Crippen molar-refractivity contribution in [2.24, 2.45) is 5.92 Å². The Hall–Kier alpha value is -2.86. The van der Waals surface area contributed by atoms with E-state index in [2.05, 4.69) is 111 Å². The van der Waals surface area contributed by atoms with Crippen molar-refractivity contribution < 1.29 is 8.78 Å². The van der Waals surface area contributed by atoms with E-state index in [-0.39, 0.29) is 11.1 Å². The van der Waals surface area contributed by atoms with E-state index in [4.69, 9.17) is 21.8 Å². The van der Waals surface area contributed by atoms with E-state index in [9.17, 15) is 0 Å². The monoisotopic (exact) mass is 1280 g/mol. The molecule has 0 spiro atoms. The molecule has 0 bridgehead atoms. The van der Waals surface area contributed by atoms with Gasteiger partial charge in [-0.25, -0.2) is 8.78 Å². The predicted molar refractivity (Wildman–Crippen MR) is 378 cm³/mol. The first kappa shape index (κ1) is 64.6. The molecule has 83 heavy (non-hydrogen) atoms. The SMILES string of the molecule is CCCCCCCCC(CCCCCC)Cn1nc2c(-c3ccc(C)s3)c(F)c(F)c(-c3ccc(-c4cc5c(-c6cc(C)c([Si](CCC)(CCC)CCC)s6)c6sc(C)cc6c(-c6cc(Cl)c([Si](CCC)(CCC)CCC)s6)c5s4)s3)c2n1. The van der Waals surface area contributed by atoms with Gasteiger partial charge in [0.2, 0.25) is 0 Å². The molecule has 3 nitrogen and oxygen atoms in total. The van der Waals surface area contributed by atoms with Gasteiger partial charge >= 0.3 is 0 Å². The summed E-state index contributed by atoms with van der Waals surface area (Å²) in [6.45, 7) is 26.1. The van der Waals surface area contributed by atoms with Gasteiger partial charge < -0.3 is 0 Å². The van der Waals surface area contributed by atoms with Crippen LogP contribution in [0.5, 0.6) is 0 Å². The lowest BCUT2D eigenvalue weighted by Gasteiger charge is -2.31. The van der Waals surface area contributed by atoms with Crippen molar-refractivity contribution in [3.8, 4) is 51.5 Å². The summed E-state index contributed by atoms with van der Waals surface area (Å²) in [5.74, 6) is -1.31. The third-order valence-corrected chi connectivity index (χ3v) is 39.4. The number of nitrogens with zero attached hydrogens (tertiary/aromatic N) is 3. The second kappa shape index (κ2) is 29.4. The Kier molecular flexibility index (Phi) is 22.9. The maximum absolute atomic E-state index is 17.5. The fraction of sp³-hybridized carbons (Fsp3) is 0.536. The maximum Gasteiger partial charge on any atom is 0.170 e. The minimum atomic E-state index is -1.89. The van der Waals surface area contributed by atoms with Gasteiger partial charge in [0.1, 0.15) is 19.1 Å². The number of hydrogen-bond donors (Lipinski definition) is 0. The van der Waals surface area contributed by atoms with Gasteiger partial charge in [-0.3, -0.25) is 0 Å². The van der Waals surface area contributed by atoms with Crippen molar-refractivity contribution in [3.05, 3.63) is 80.5 Å². The first-order valence-electron chi connectivity index (χ1n) is 32.1. The van der Waals surface area contributed by atoms with Crippen LogP contribution in [-0.4, -0.2) is 31.1 Å². The quantitative estimate of drug-likeness (QED) is 0.0303. The molecule has 0 aliphatic carbocycles. The van der Waals surface area contributed by atoms with E-state index in [0.29, 0.717) is 33.3 Å². The highest BCUT2D eigenvalue weighted by molar-refractivity contribution is 7.32. The van der Waals surface area contributed by atoms with Crippen molar-refractivity contribution in [2.45, 2.75) is 235 Å². The van der Waals surface area contributed by atoms with Gasteiger partial charge in [0, 0.05) is 74.8 Å². The first-order chi connectivity index (χ1) is 40.2. The highest BCUT2D eigenvalue weighted by Gasteiger charge is 2.39. The van der Waals surface area contributed by atoms with Crippen LogP contribution in [-0.2, 0) is 6.54 Å². The summed E-state index contributed by atoms with van der Waals surface area (Å²) in [6, 6.07) is 25.6. The second-order valence-electron chi connectivity index (χ2n) is 24.4. The third kappa shape index (κ3) is 13.7. The number of benzene rings is 2. The zero-order chi connectivity index (χ0) is 59.0. The number of aromatic nitrogens is 3. The number of hydrogen-bond acceptors (Lipinski definition) is 8. The van der Waals surface area contributed by atoms with Crippen LogP contribution in [0.3, 0.4) is 0 Å². The Morgan fingerprint density at radius 1 is 0.446 bits per heavy atom. The molecule has 448 valence electrons. The van der Waals surface area contributed by atoms with Crippen LogP contribution < -0.4 is 9.00 Å². The highest BCUT2D eigenvalue weighted by Crippen LogP contribution is 2.55. The summed E-state index contributed by atoms with van der Waals surface area (Å²) >= 11 is 18.5. The highest BCUT2D eigenvalue weighted by atomic mass is 35.5. The largest absolute Gasteiger partial charge is 0.203 e. The molecule has 0 amide bonds. The van der Waals surface area contributed by atoms with Gasteiger partial charge in [-0.15, -0.1) is 68.0 Å². The molecular formula is C69H92ClF2N3S6Si2. The molecule has 0 aliphatic rings. The zero-order valence-corrected chi connectivity index (χ0v) is 59.5. The molecule has 0 fully saturated rings. The molecule has 0 aliphatic heterocycles. The molecule has 9 aromatic rings. The molecular weight excluding hydrogens is 1190 g/mol. The third-order valence-electron chi connectivity index (χ3n) is 17.7. The van der Waals surface area contributed by atoms with Crippen molar-refractivity contribution in [1.29, 1.82) is 0 Å². The van der Waals surface area contributed by atoms with Crippen LogP contribution in [0.15, 0.2) is 48.5 Å². The van der Waals surface area contributed by atoms with Gasteiger partial charge in [-0.1, -0.05) is 206 Å². The number of halogens is 3. The lowest BCUT2D eigenvalue weighted by Crippen LogP contribution is -2.46. The van der Waals surface area contributed by atoms with E-state index in [1.807, 2.05) is 59.1 Å². The number of rotatable bonds is 33. The number of fused-ring (bicyclic) bond motifs is 3. The normalized spacial score (nSPS) is 12.9. The second-order valence-corrected chi connectivity index (χ2v) is 41.4. The predicted octanol–water partition coefficient (Wildman–Crippen LogP) is 25.4. The molecule has 1 unspecified atom stereocenters. The Bertz CT molecular complexity index is 3430. The fourth-order valence-corrected chi connectivity index (χ4v) is 35.8. The average molecular weight is 1290 g/mol. The summed E-state index contributed by atoms with van der Waals surface area (Å²) in [6.07, 6.45) is 21.8. The van der Waals surface area contributed by atoms with Crippen molar-refractivity contribution in [1.82, 2.24) is 15.0 Å². The summed E-state index contributed by atoms with van der Waals surface area (Å²) in [5, 5.41) is 13.9. The lowest BCUT2D eigenvalue weighted by molar-refractivity contribution is 0.327. The van der Waals surface area contributed by atoms with E-state index >= 15 is 8.78 Å². The molecule has 1 atom stereocenters. The average Bonchev–Trinajstić information content (AvgIpc) is 4.15. The summed E-state index contributed by atoms with van der Waals surface area (Å²) in [4.78, 5) is 10.3. The standard InChI is InChI=1S/C69H92ClF2N3S6Si2/c1-12-20-22-24-25-27-29-48(28-26-23-21-13-2)44-75-73-64-60(53-31-30-46(10)76-53)62(71)63(72)61(65(64)74-75)54-33-32-52(78-54)55-42-50-59(56-40-45(9)68(80-56)82(34-14-3,35-15-4)36-16-5)66-49(41-47(11)77-66)58(67(50)79-55)57-43-51(70)69(81-57)83(37-17-6,38-18-7)39-19-8/h30-33,40-43,48H,12-29,34-39,44H2,1-11H3. The van der Waals surface area contributed by atoms with Crippen LogP contribution in [0.2, 0.25) is 41.3 Å². The van der Waals surface area contributed by atoms with E-state index in [0.717, 1.165) is 32.5 Å². The number of thiophene rings is 6. The Morgan fingerprint density at radius 2 is 0.916 bits per heavy atom. The molecule has 7 heterocycles. The van der Waals surface area contributed by atoms with Gasteiger partial charge in [-0.05, 0) is 98.1 Å². The fourth-order valence-electron chi connectivity index (χ4n) is 14.2. The molecule has 14 heteroatoms.